The molecule has 22 heavy (non-hydrogen) atoms. The summed E-state index contributed by atoms with van der Waals surface area (Å²) in [5.74, 6) is 1.27. The van der Waals surface area contributed by atoms with Crippen molar-refractivity contribution in [2.75, 3.05) is 26.2 Å². The van der Waals surface area contributed by atoms with Crippen LogP contribution in [0.1, 0.15) is 43.1 Å². The maximum Gasteiger partial charge on any atom is 0.124 e. The van der Waals surface area contributed by atoms with Gasteiger partial charge in [0.25, 0.3) is 0 Å². The van der Waals surface area contributed by atoms with E-state index in [2.05, 4.69) is 39.9 Å². The van der Waals surface area contributed by atoms with E-state index in [0.29, 0.717) is 6.04 Å². The smallest absolute Gasteiger partial charge is 0.124 e. The van der Waals surface area contributed by atoms with Crippen molar-refractivity contribution in [3.8, 4) is 0 Å². The zero-order chi connectivity index (χ0) is 14.9. The molecule has 0 amide bonds. The van der Waals surface area contributed by atoms with Gasteiger partial charge in [0, 0.05) is 32.2 Å². The molecule has 2 fully saturated rings. The van der Waals surface area contributed by atoms with Gasteiger partial charge in [-0.15, -0.1) is 0 Å². The molecule has 0 radical (unpaired) electrons. The van der Waals surface area contributed by atoms with E-state index in [1.54, 1.807) is 0 Å². The first-order valence-corrected chi connectivity index (χ1v) is 8.72. The third kappa shape index (κ3) is 2.66. The lowest BCUT2D eigenvalue weighted by Gasteiger charge is -2.27. The number of benzene rings is 1. The van der Waals surface area contributed by atoms with Crippen LogP contribution in [0.5, 0.6) is 0 Å². The van der Waals surface area contributed by atoms with Crippen molar-refractivity contribution >= 4 is 11.0 Å². The van der Waals surface area contributed by atoms with Gasteiger partial charge in [0.15, 0.2) is 0 Å². The van der Waals surface area contributed by atoms with Crippen LogP contribution in [0.15, 0.2) is 18.2 Å². The predicted molar refractivity (Wildman–Crippen MR) is 90.1 cm³/mol. The van der Waals surface area contributed by atoms with Gasteiger partial charge in [-0.3, -0.25) is 4.90 Å². The fourth-order valence-electron chi connectivity index (χ4n) is 4.00. The highest BCUT2D eigenvalue weighted by Crippen LogP contribution is 2.34. The summed E-state index contributed by atoms with van der Waals surface area (Å²) in [5.41, 5.74) is 3.85. The van der Waals surface area contributed by atoms with Crippen LogP contribution in [0.2, 0.25) is 0 Å². The van der Waals surface area contributed by atoms with Gasteiger partial charge in [0.1, 0.15) is 5.82 Å². The Morgan fingerprint density at radius 2 is 1.95 bits per heavy atom. The molecule has 1 saturated heterocycles. The zero-order valence-corrected chi connectivity index (χ0v) is 13.5. The average Bonchev–Trinajstić information content (AvgIpc) is 3.15. The molecular weight excluding hydrogens is 272 g/mol. The monoisotopic (exact) mass is 298 g/mol. The molecule has 0 bridgehead atoms. The minimum Gasteiger partial charge on any atom is -0.324 e. The normalized spacial score (nSPS) is 21.0. The third-order valence-corrected chi connectivity index (χ3v) is 5.18. The Bertz CT molecular complexity index is 648. The molecule has 4 nitrogen and oxygen atoms in total. The van der Waals surface area contributed by atoms with Crippen LogP contribution >= 0.6 is 0 Å². The quantitative estimate of drug-likeness (QED) is 0.946. The van der Waals surface area contributed by atoms with E-state index in [1.165, 1.54) is 48.1 Å². The van der Waals surface area contributed by atoms with E-state index in [-0.39, 0.29) is 0 Å². The Kier molecular flexibility index (Phi) is 3.89. The number of nitrogens with zero attached hydrogens (tertiary/aromatic N) is 3. The number of aromatic nitrogens is 2. The Morgan fingerprint density at radius 1 is 1.18 bits per heavy atom. The number of aryl methyl sites for hydroxylation is 1. The number of nitrogens with one attached hydrogen (secondary N) is 1. The molecular formula is C18H26N4. The Hall–Kier alpha value is -1.39. The molecule has 1 aliphatic carbocycles. The average molecular weight is 298 g/mol. The van der Waals surface area contributed by atoms with Crippen LogP contribution in [0.4, 0.5) is 0 Å². The largest absolute Gasteiger partial charge is 0.324 e. The first-order valence-electron chi connectivity index (χ1n) is 8.72. The van der Waals surface area contributed by atoms with Crippen molar-refractivity contribution in [1.82, 2.24) is 19.8 Å². The van der Waals surface area contributed by atoms with E-state index >= 15 is 0 Å². The fourth-order valence-corrected chi connectivity index (χ4v) is 4.00. The lowest BCUT2D eigenvalue weighted by molar-refractivity contribution is 0.223. The van der Waals surface area contributed by atoms with Crippen molar-refractivity contribution in [3.63, 3.8) is 0 Å². The molecule has 2 heterocycles. The molecule has 4 heteroatoms. The summed E-state index contributed by atoms with van der Waals surface area (Å²) < 4.78 is 2.57. The van der Waals surface area contributed by atoms with E-state index in [9.17, 15) is 0 Å². The second kappa shape index (κ2) is 6.01. The standard InChI is InChI=1S/C18H26N4/c1-14-6-7-16-17(12-14)22(15-4-2-3-5-15)18(20-16)13-21-10-8-19-9-11-21/h6-7,12,15,19H,2-5,8-11,13H2,1H3. The number of piperazine rings is 1. The lowest BCUT2D eigenvalue weighted by atomic mass is 10.2. The SMILES string of the molecule is Cc1ccc2nc(CN3CCNCC3)n(C3CCCC3)c2c1. The van der Waals surface area contributed by atoms with Gasteiger partial charge in [-0.2, -0.15) is 0 Å². The second-order valence-electron chi connectivity index (χ2n) is 6.85. The van der Waals surface area contributed by atoms with Gasteiger partial charge in [-0.05, 0) is 37.5 Å². The Morgan fingerprint density at radius 3 is 2.73 bits per heavy atom. The van der Waals surface area contributed by atoms with Gasteiger partial charge in [-0.1, -0.05) is 18.9 Å². The third-order valence-electron chi connectivity index (χ3n) is 5.18. The van der Waals surface area contributed by atoms with Crippen LogP contribution in [0.3, 0.4) is 0 Å². The van der Waals surface area contributed by atoms with E-state index in [4.69, 9.17) is 4.98 Å². The molecule has 4 rings (SSSR count). The number of rotatable bonds is 3. The summed E-state index contributed by atoms with van der Waals surface area (Å²) in [5, 5.41) is 3.44. The molecule has 118 valence electrons. The molecule has 0 unspecified atom stereocenters. The molecule has 1 aromatic heterocycles. The number of hydrogen-bond acceptors (Lipinski definition) is 3. The minimum absolute atomic E-state index is 0.657. The molecule has 1 N–H and O–H groups in total. The van der Waals surface area contributed by atoms with Gasteiger partial charge < -0.3 is 9.88 Å². The Balaban J connectivity index is 1.73. The van der Waals surface area contributed by atoms with Crippen molar-refractivity contribution < 1.29 is 0 Å². The summed E-state index contributed by atoms with van der Waals surface area (Å²) in [6, 6.07) is 7.35. The fraction of sp³-hybridized carbons (Fsp3) is 0.611. The van der Waals surface area contributed by atoms with Gasteiger partial charge in [0.2, 0.25) is 0 Å². The zero-order valence-electron chi connectivity index (χ0n) is 13.5. The maximum absolute atomic E-state index is 4.99. The highest BCUT2D eigenvalue weighted by atomic mass is 15.2. The maximum atomic E-state index is 4.99. The van der Waals surface area contributed by atoms with Gasteiger partial charge in [0.05, 0.1) is 17.6 Å². The molecule has 2 aliphatic rings. The van der Waals surface area contributed by atoms with Crippen LogP contribution in [0, 0.1) is 6.92 Å². The highest BCUT2D eigenvalue weighted by molar-refractivity contribution is 5.77. The molecule has 1 aromatic carbocycles. The number of fused-ring (bicyclic) bond motifs is 1. The van der Waals surface area contributed by atoms with Crippen LogP contribution in [-0.2, 0) is 6.54 Å². The summed E-state index contributed by atoms with van der Waals surface area (Å²) in [6.45, 7) is 7.64. The molecule has 0 spiro atoms. The minimum atomic E-state index is 0.657. The Labute approximate surface area is 132 Å². The van der Waals surface area contributed by atoms with Crippen molar-refractivity contribution in [3.05, 3.63) is 29.6 Å². The number of imidazole rings is 1. The van der Waals surface area contributed by atoms with Crippen molar-refractivity contribution in [2.24, 2.45) is 0 Å². The topological polar surface area (TPSA) is 33.1 Å². The van der Waals surface area contributed by atoms with Gasteiger partial charge in [-0.25, -0.2) is 4.98 Å². The second-order valence-corrected chi connectivity index (χ2v) is 6.85. The summed E-state index contributed by atoms with van der Waals surface area (Å²) in [6.07, 6.45) is 5.36. The summed E-state index contributed by atoms with van der Waals surface area (Å²) >= 11 is 0. The van der Waals surface area contributed by atoms with E-state index in [1.807, 2.05) is 0 Å². The molecule has 1 aliphatic heterocycles. The van der Waals surface area contributed by atoms with E-state index in [0.717, 1.165) is 32.7 Å². The van der Waals surface area contributed by atoms with Crippen LogP contribution < -0.4 is 5.32 Å². The summed E-state index contributed by atoms with van der Waals surface area (Å²) in [7, 11) is 0. The highest BCUT2D eigenvalue weighted by Gasteiger charge is 2.24. The van der Waals surface area contributed by atoms with Crippen LogP contribution in [0.25, 0.3) is 11.0 Å². The summed E-state index contributed by atoms with van der Waals surface area (Å²) in [4.78, 5) is 7.53. The lowest BCUT2D eigenvalue weighted by Crippen LogP contribution is -2.43. The van der Waals surface area contributed by atoms with Crippen molar-refractivity contribution in [1.29, 1.82) is 0 Å². The number of hydrogen-bond donors (Lipinski definition) is 1. The van der Waals surface area contributed by atoms with Crippen molar-refractivity contribution in [2.45, 2.75) is 45.2 Å². The molecule has 1 saturated carbocycles. The van der Waals surface area contributed by atoms with E-state index < -0.39 is 0 Å². The predicted octanol–water partition coefficient (Wildman–Crippen LogP) is 2.87. The molecule has 2 aromatic rings. The van der Waals surface area contributed by atoms with Gasteiger partial charge >= 0.3 is 0 Å². The molecule has 0 atom stereocenters. The first kappa shape index (κ1) is 14.2. The van der Waals surface area contributed by atoms with Crippen LogP contribution in [-0.4, -0.2) is 40.6 Å². The first-order chi connectivity index (χ1) is 10.8.